The van der Waals surface area contributed by atoms with Gasteiger partial charge in [-0.25, -0.2) is 9.97 Å². The molecule has 21 heavy (non-hydrogen) atoms. The molecular formula is C16H23N5. The normalized spacial score (nSPS) is 24.6. The van der Waals surface area contributed by atoms with Crippen molar-refractivity contribution in [2.75, 3.05) is 18.9 Å². The topological polar surface area (TPSA) is 56.8 Å². The van der Waals surface area contributed by atoms with E-state index in [1.165, 1.54) is 43.2 Å². The molecule has 2 fully saturated rings. The lowest BCUT2D eigenvalue weighted by Crippen LogP contribution is -2.46. The molecule has 5 nitrogen and oxygen atoms in total. The van der Waals surface area contributed by atoms with Crippen LogP contribution < -0.4 is 5.32 Å². The molecule has 1 aliphatic heterocycles. The van der Waals surface area contributed by atoms with Gasteiger partial charge in [0.05, 0.1) is 5.39 Å². The van der Waals surface area contributed by atoms with Crippen LogP contribution in [0.15, 0.2) is 12.5 Å². The number of likely N-dealkylation sites (tertiary alicyclic amines) is 1. The zero-order valence-electron chi connectivity index (χ0n) is 12.8. The molecule has 0 amide bonds. The second-order valence-corrected chi connectivity index (χ2v) is 6.59. The highest BCUT2D eigenvalue weighted by Gasteiger charge is 2.49. The summed E-state index contributed by atoms with van der Waals surface area (Å²) in [7, 11) is 2.27. The number of rotatable bonds is 3. The molecule has 1 saturated carbocycles. The minimum Gasteiger partial charge on any atom is -0.367 e. The summed E-state index contributed by atoms with van der Waals surface area (Å²) in [6.45, 7) is 3.35. The zero-order valence-corrected chi connectivity index (χ0v) is 12.8. The van der Waals surface area contributed by atoms with Crippen molar-refractivity contribution < 1.29 is 0 Å². The lowest BCUT2D eigenvalue weighted by molar-refractivity contribution is 0.156. The summed E-state index contributed by atoms with van der Waals surface area (Å²) in [4.78, 5) is 14.7. The van der Waals surface area contributed by atoms with Crippen LogP contribution in [0.25, 0.3) is 11.0 Å². The second kappa shape index (κ2) is 4.70. The molecule has 1 atom stereocenters. The predicted octanol–water partition coefficient (Wildman–Crippen LogP) is 2.56. The first-order valence-corrected chi connectivity index (χ1v) is 8.00. The Hall–Kier alpha value is -1.62. The van der Waals surface area contributed by atoms with Crippen LogP contribution in [-0.2, 0) is 6.42 Å². The Kier molecular flexibility index (Phi) is 2.92. The van der Waals surface area contributed by atoms with Crippen LogP contribution in [0.1, 0.15) is 38.2 Å². The van der Waals surface area contributed by atoms with Crippen molar-refractivity contribution in [2.45, 2.75) is 50.6 Å². The maximum absolute atomic E-state index is 4.51. The van der Waals surface area contributed by atoms with Crippen molar-refractivity contribution in [1.29, 1.82) is 0 Å². The average molecular weight is 285 g/mol. The number of aromatic nitrogens is 3. The maximum Gasteiger partial charge on any atom is 0.143 e. The molecule has 5 heteroatoms. The molecular weight excluding hydrogens is 262 g/mol. The van der Waals surface area contributed by atoms with Crippen molar-refractivity contribution in [3.63, 3.8) is 0 Å². The average Bonchev–Trinajstić information content (AvgIpc) is 3.12. The summed E-state index contributed by atoms with van der Waals surface area (Å²) in [5.41, 5.74) is 2.72. The van der Waals surface area contributed by atoms with Crippen LogP contribution in [0.5, 0.6) is 0 Å². The van der Waals surface area contributed by atoms with Gasteiger partial charge >= 0.3 is 0 Å². The summed E-state index contributed by atoms with van der Waals surface area (Å²) in [5.74, 6) is 1.00. The fourth-order valence-corrected chi connectivity index (χ4v) is 3.77. The molecule has 1 spiro atoms. The van der Waals surface area contributed by atoms with Crippen molar-refractivity contribution in [3.8, 4) is 0 Å². The van der Waals surface area contributed by atoms with Gasteiger partial charge in [0, 0.05) is 24.3 Å². The van der Waals surface area contributed by atoms with Gasteiger partial charge in [-0.05, 0) is 44.7 Å². The number of aromatic amines is 1. The van der Waals surface area contributed by atoms with Crippen LogP contribution in [0.2, 0.25) is 0 Å². The van der Waals surface area contributed by atoms with E-state index in [1.807, 2.05) is 0 Å². The molecule has 1 unspecified atom stereocenters. The molecule has 1 saturated heterocycles. The van der Waals surface area contributed by atoms with E-state index in [-0.39, 0.29) is 0 Å². The molecule has 2 aliphatic rings. The number of H-pyrrole nitrogens is 1. The molecule has 2 aromatic heterocycles. The summed E-state index contributed by atoms with van der Waals surface area (Å²) >= 11 is 0. The molecule has 2 N–H and O–H groups in total. The van der Waals surface area contributed by atoms with E-state index in [0.29, 0.717) is 11.6 Å². The van der Waals surface area contributed by atoms with Crippen LogP contribution >= 0.6 is 0 Å². The maximum atomic E-state index is 4.51. The minimum atomic E-state index is 0.480. The van der Waals surface area contributed by atoms with Crippen molar-refractivity contribution in [1.82, 2.24) is 19.9 Å². The molecule has 0 bridgehead atoms. The minimum absolute atomic E-state index is 0.480. The molecule has 1 aliphatic carbocycles. The molecule has 2 aromatic rings. The Morgan fingerprint density at radius 2 is 2.29 bits per heavy atom. The van der Waals surface area contributed by atoms with Gasteiger partial charge in [-0.2, -0.15) is 0 Å². The lowest BCUT2D eigenvalue weighted by Gasteiger charge is -2.38. The first-order chi connectivity index (χ1) is 10.2. The predicted molar refractivity (Wildman–Crippen MR) is 84.5 cm³/mol. The monoisotopic (exact) mass is 285 g/mol. The summed E-state index contributed by atoms with van der Waals surface area (Å²) in [5, 5.41) is 4.87. The Balaban J connectivity index is 1.61. The highest BCUT2D eigenvalue weighted by molar-refractivity contribution is 5.90. The number of nitrogens with one attached hydrogen (secondary N) is 2. The quantitative estimate of drug-likeness (QED) is 0.910. The van der Waals surface area contributed by atoms with E-state index in [1.54, 1.807) is 6.33 Å². The van der Waals surface area contributed by atoms with Gasteiger partial charge in [0.25, 0.3) is 0 Å². The number of aryl methyl sites for hydroxylation is 1. The van der Waals surface area contributed by atoms with Gasteiger partial charge in [-0.3, -0.25) is 0 Å². The van der Waals surface area contributed by atoms with Gasteiger partial charge in [0.15, 0.2) is 0 Å². The highest BCUT2D eigenvalue weighted by atomic mass is 15.2. The SMILES string of the molecule is CCc1c[nH]c2ncnc(NC3CCN(C)C4(CC4)C3)c12. The van der Waals surface area contributed by atoms with Gasteiger partial charge in [-0.1, -0.05) is 6.92 Å². The van der Waals surface area contributed by atoms with Crippen molar-refractivity contribution >= 4 is 16.9 Å². The number of hydrogen-bond acceptors (Lipinski definition) is 4. The number of anilines is 1. The first kappa shape index (κ1) is 13.1. The van der Waals surface area contributed by atoms with Gasteiger partial charge in [0.2, 0.25) is 0 Å². The van der Waals surface area contributed by atoms with E-state index in [0.717, 1.165) is 17.9 Å². The van der Waals surface area contributed by atoms with E-state index >= 15 is 0 Å². The number of fused-ring (bicyclic) bond motifs is 1. The molecule has 112 valence electrons. The van der Waals surface area contributed by atoms with Crippen molar-refractivity contribution in [2.24, 2.45) is 0 Å². The Morgan fingerprint density at radius 1 is 1.43 bits per heavy atom. The fraction of sp³-hybridized carbons (Fsp3) is 0.625. The van der Waals surface area contributed by atoms with E-state index < -0.39 is 0 Å². The van der Waals surface area contributed by atoms with Crippen LogP contribution in [0.4, 0.5) is 5.82 Å². The second-order valence-electron chi connectivity index (χ2n) is 6.59. The Morgan fingerprint density at radius 3 is 3.05 bits per heavy atom. The van der Waals surface area contributed by atoms with Gasteiger partial charge in [-0.15, -0.1) is 0 Å². The Labute approximate surface area is 125 Å². The van der Waals surface area contributed by atoms with Gasteiger partial charge < -0.3 is 15.2 Å². The first-order valence-electron chi connectivity index (χ1n) is 8.00. The third-order valence-corrected chi connectivity index (χ3v) is 5.35. The number of nitrogens with zero attached hydrogens (tertiary/aromatic N) is 3. The van der Waals surface area contributed by atoms with Crippen LogP contribution in [0.3, 0.4) is 0 Å². The van der Waals surface area contributed by atoms with E-state index in [4.69, 9.17) is 0 Å². The molecule has 0 aromatic carbocycles. The third-order valence-electron chi connectivity index (χ3n) is 5.35. The zero-order chi connectivity index (χ0) is 14.4. The number of hydrogen-bond donors (Lipinski definition) is 2. The highest BCUT2D eigenvalue weighted by Crippen LogP contribution is 2.47. The Bertz CT molecular complexity index is 658. The molecule has 0 radical (unpaired) electrons. The number of piperidine rings is 1. The van der Waals surface area contributed by atoms with Gasteiger partial charge in [0.1, 0.15) is 17.8 Å². The van der Waals surface area contributed by atoms with Crippen molar-refractivity contribution in [3.05, 3.63) is 18.1 Å². The van der Waals surface area contributed by atoms with Crippen LogP contribution in [0, 0.1) is 0 Å². The smallest absolute Gasteiger partial charge is 0.143 e. The van der Waals surface area contributed by atoms with Crippen LogP contribution in [-0.4, -0.2) is 45.0 Å². The fourth-order valence-electron chi connectivity index (χ4n) is 3.77. The molecule has 3 heterocycles. The molecule has 4 rings (SSSR count). The summed E-state index contributed by atoms with van der Waals surface area (Å²) in [6.07, 6.45) is 9.84. The summed E-state index contributed by atoms with van der Waals surface area (Å²) < 4.78 is 0. The van der Waals surface area contributed by atoms with E-state index in [9.17, 15) is 0 Å². The standard InChI is InChI=1S/C16H23N5/c1-3-11-9-17-14-13(11)15(19-10-18-14)20-12-4-7-21(2)16(8-12)5-6-16/h9-10,12H,3-8H2,1-2H3,(H2,17,18,19,20). The largest absolute Gasteiger partial charge is 0.367 e. The lowest BCUT2D eigenvalue weighted by atomic mass is 9.95. The third kappa shape index (κ3) is 2.11. The summed E-state index contributed by atoms with van der Waals surface area (Å²) in [6, 6.07) is 0.529. The van der Waals surface area contributed by atoms with E-state index in [2.05, 4.69) is 45.3 Å².